The second-order valence-corrected chi connectivity index (χ2v) is 19.0. The van der Waals surface area contributed by atoms with Crippen LogP contribution < -0.4 is 3.71 Å². The minimum atomic E-state index is -2.33. The Morgan fingerprint density at radius 3 is 1.65 bits per heavy atom. The molecule has 2 nitrogen and oxygen atoms in total. The van der Waals surface area contributed by atoms with E-state index in [0.29, 0.717) is 0 Å². The van der Waals surface area contributed by atoms with Crippen molar-refractivity contribution in [1.29, 1.82) is 0 Å². The maximum absolute atomic E-state index is 4.84. The van der Waals surface area contributed by atoms with Gasteiger partial charge in [-0.05, 0) is 0 Å². The van der Waals surface area contributed by atoms with Crippen LogP contribution in [0.25, 0.3) is 0 Å². The third-order valence-corrected chi connectivity index (χ3v) is 19.9. The summed E-state index contributed by atoms with van der Waals surface area (Å²) in [5.74, 6) is 0. The fourth-order valence-electron chi connectivity index (χ4n) is 3.20. The Balaban J connectivity index is 3.08. The molecule has 1 heterocycles. The van der Waals surface area contributed by atoms with Gasteiger partial charge in [0.25, 0.3) is 0 Å². The number of unbranched alkanes of at least 4 members (excludes halogenated alkanes) is 3. The van der Waals surface area contributed by atoms with E-state index in [9.17, 15) is 0 Å². The Morgan fingerprint density at radius 2 is 1.25 bits per heavy atom. The predicted molar refractivity (Wildman–Crippen MR) is 91.3 cm³/mol. The first-order valence-corrected chi connectivity index (χ1v) is 16.0. The van der Waals surface area contributed by atoms with Gasteiger partial charge in [0.15, 0.2) is 0 Å². The van der Waals surface area contributed by atoms with Crippen LogP contribution in [-0.4, -0.2) is 28.3 Å². The number of rotatable bonds is 10. The predicted octanol–water partition coefficient (Wildman–Crippen LogP) is 4.84. The van der Waals surface area contributed by atoms with Crippen LogP contribution in [0.1, 0.15) is 65.0 Å². The molecule has 1 aromatic rings. The summed E-state index contributed by atoms with van der Waals surface area (Å²) in [7, 11) is 0. The molecule has 0 radical (unpaired) electrons. The molecule has 0 unspecified atom stereocenters. The van der Waals surface area contributed by atoms with Gasteiger partial charge in [0.1, 0.15) is 0 Å². The number of nitrogens with zero attached hydrogens (tertiary/aromatic N) is 2. The molecule has 0 aromatic carbocycles. The molecule has 1 aromatic heterocycles. The quantitative estimate of drug-likeness (QED) is 0.541. The molecule has 0 aliphatic rings. The zero-order valence-electron chi connectivity index (χ0n) is 13.9. The molecule has 3 heteroatoms. The summed E-state index contributed by atoms with van der Waals surface area (Å²) >= 11 is -2.33. The molecule has 0 aliphatic carbocycles. The standard InChI is InChI=1S/C5H5N2.3C4H9.Sn/c1-5-4-6-2-3-7-5;3*1-3-4-2;/h2-3H,1H3;3*1,3-4H2,2H3;. The second kappa shape index (κ2) is 9.75. The van der Waals surface area contributed by atoms with Crippen molar-refractivity contribution in [3.63, 3.8) is 0 Å². The molecule has 0 saturated heterocycles. The van der Waals surface area contributed by atoms with Gasteiger partial charge < -0.3 is 0 Å². The first-order valence-electron chi connectivity index (χ1n) is 8.48. The summed E-state index contributed by atoms with van der Waals surface area (Å²) in [6, 6.07) is 0. The molecule has 0 saturated carbocycles. The Hall–Kier alpha value is -0.121. The van der Waals surface area contributed by atoms with E-state index in [4.69, 9.17) is 4.98 Å². The van der Waals surface area contributed by atoms with E-state index in [1.807, 2.05) is 12.4 Å². The number of hydrogen-bond donors (Lipinski definition) is 0. The average molecular weight is 383 g/mol. The van der Waals surface area contributed by atoms with Crippen molar-refractivity contribution in [2.24, 2.45) is 0 Å². The van der Waals surface area contributed by atoms with E-state index in [0.717, 1.165) is 0 Å². The normalized spacial score (nSPS) is 11.8. The van der Waals surface area contributed by atoms with Gasteiger partial charge >= 0.3 is 130 Å². The maximum atomic E-state index is 4.84. The molecule has 0 amide bonds. The van der Waals surface area contributed by atoms with Gasteiger partial charge in [-0.1, -0.05) is 0 Å². The fraction of sp³-hybridized carbons (Fsp3) is 0.765. The van der Waals surface area contributed by atoms with Gasteiger partial charge in [0, 0.05) is 0 Å². The first kappa shape index (κ1) is 17.9. The van der Waals surface area contributed by atoms with Gasteiger partial charge in [-0.25, -0.2) is 0 Å². The molecular formula is C17H32N2Sn. The van der Waals surface area contributed by atoms with E-state index in [2.05, 4.69) is 32.7 Å². The Morgan fingerprint density at radius 1 is 0.800 bits per heavy atom. The van der Waals surface area contributed by atoms with E-state index in [1.54, 1.807) is 0 Å². The van der Waals surface area contributed by atoms with E-state index < -0.39 is 18.4 Å². The zero-order valence-corrected chi connectivity index (χ0v) is 16.8. The van der Waals surface area contributed by atoms with Crippen molar-refractivity contribution in [2.75, 3.05) is 0 Å². The molecule has 114 valence electrons. The van der Waals surface area contributed by atoms with Crippen molar-refractivity contribution in [1.82, 2.24) is 9.97 Å². The van der Waals surface area contributed by atoms with E-state index in [1.165, 1.54) is 61.2 Å². The number of hydrogen-bond acceptors (Lipinski definition) is 2. The molecule has 0 atom stereocenters. The van der Waals surface area contributed by atoms with E-state index >= 15 is 0 Å². The SMILES string of the molecule is CCC[CH2][Sn]([CH2]CCC)([CH2]CCC)[c]1nccnc1C. The molecule has 20 heavy (non-hydrogen) atoms. The van der Waals surface area contributed by atoms with Crippen molar-refractivity contribution < 1.29 is 0 Å². The van der Waals surface area contributed by atoms with Crippen molar-refractivity contribution in [3.8, 4) is 0 Å². The third kappa shape index (κ3) is 5.01. The van der Waals surface area contributed by atoms with Crippen LogP contribution in [0, 0.1) is 6.92 Å². The van der Waals surface area contributed by atoms with Crippen LogP contribution in [-0.2, 0) is 0 Å². The number of aryl methyl sites for hydroxylation is 1. The number of aromatic nitrogens is 2. The minimum absolute atomic E-state index is 1.23. The van der Waals surface area contributed by atoms with Gasteiger partial charge in [0.2, 0.25) is 0 Å². The van der Waals surface area contributed by atoms with Crippen LogP contribution in [0.2, 0.25) is 13.3 Å². The monoisotopic (exact) mass is 384 g/mol. The summed E-state index contributed by atoms with van der Waals surface area (Å²) in [4.78, 5) is 9.40. The summed E-state index contributed by atoms with van der Waals surface area (Å²) in [6.45, 7) is 9.14. The Kier molecular flexibility index (Phi) is 8.74. The second-order valence-electron chi connectivity index (χ2n) is 6.08. The Labute approximate surface area is 129 Å². The molecule has 0 spiro atoms. The summed E-state index contributed by atoms with van der Waals surface area (Å²) in [5.41, 5.74) is 1.23. The van der Waals surface area contributed by atoms with Gasteiger partial charge in [0.05, 0.1) is 0 Å². The third-order valence-electron chi connectivity index (χ3n) is 4.41. The van der Waals surface area contributed by atoms with Crippen LogP contribution in [0.5, 0.6) is 0 Å². The van der Waals surface area contributed by atoms with E-state index in [-0.39, 0.29) is 0 Å². The van der Waals surface area contributed by atoms with Gasteiger partial charge in [-0.3, -0.25) is 0 Å². The van der Waals surface area contributed by atoms with Crippen LogP contribution in [0.4, 0.5) is 0 Å². The fourth-order valence-corrected chi connectivity index (χ4v) is 19.6. The van der Waals surface area contributed by atoms with Gasteiger partial charge in [-0.2, -0.15) is 0 Å². The summed E-state index contributed by atoms with van der Waals surface area (Å²) in [6.07, 6.45) is 11.9. The van der Waals surface area contributed by atoms with Gasteiger partial charge in [-0.15, -0.1) is 0 Å². The molecule has 1 rings (SSSR count). The molecule has 0 aliphatic heterocycles. The Bertz CT molecular complexity index is 357. The molecule has 0 N–H and O–H groups in total. The molecular weight excluding hydrogens is 351 g/mol. The van der Waals surface area contributed by atoms with Crippen molar-refractivity contribution >= 4 is 22.1 Å². The first-order chi connectivity index (χ1) is 9.70. The molecule has 0 fully saturated rings. The topological polar surface area (TPSA) is 25.8 Å². The van der Waals surface area contributed by atoms with Crippen LogP contribution >= 0.6 is 0 Å². The average Bonchev–Trinajstić information content (AvgIpc) is 2.48. The summed E-state index contributed by atoms with van der Waals surface area (Å²) < 4.78 is 5.91. The van der Waals surface area contributed by atoms with Crippen molar-refractivity contribution in [2.45, 2.75) is 79.5 Å². The van der Waals surface area contributed by atoms with Crippen LogP contribution in [0.3, 0.4) is 0 Å². The van der Waals surface area contributed by atoms with Crippen molar-refractivity contribution in [3.05, 3.63) is 18.1 Å². The van der Waals surface area contributed by atoms with Crippen LogP contribution in [0.15, 0.2) is 12.4 Å². The zero-order chi connectivity index (χ0) is 14.8. The molecule has 0 bridgehead atoms. The summed E-state index contributed by atoms with van der Waals surface area (Å²) in [5, 5.41) is 0.